The Labute approximate surface area is 126 Å². The van der Waals surface area contributed by atoms with E-state index in [4.69, 9.17) is 9.05 Å². The van der Waals surface area contributed by atoms with E-state index in [9.17, 15) is 14.5 Å². The molecule has 0 aromatic rings. The first-order valence-corrected chi connectivity index (χ1v) is 8.43. The molecule has 0 aromatic carbocycles. The number of hydrogen-bond acceptors (Lipinski definition) is 4. The van der Waals surface area contributed by atoms with Crippen molar-refractivity contribution in [3.05, 3.63) is 23.7 Å². The van der Waals surface area contributed by atoms with Gasteiger partial charge in [-0.1, -0.05) is 19.8 Å². The fraction of sp³-hybridized carbons (Fsp3) is 0.533. The predicted molar refractivity (Wildman–Crippen MR) is 82.7 cm³/mol. The van der Waals surface area contributed by atoms with Gasteiger partial charge in [-0.3, -0.25) is 4.79 Å². The smallest absolute Gasteiger partial charge is 0.456 e. The van der Waals surface area contributed by atoms with Crippen molar-refractivity contribution in [3.8, 4) is 11.8 Å². The minimum Gasteiger partial charge on any atom is -0.480 e. The SMILES string of the molecule is CC#CC(C(=O)O)P(=O)(OC(=CC)CC)OC(=CC)CC. The summed E-state index contributed by atoms with van der Waals surface area (Å²) in [6.45, 7) is 8.56. The lowest BCUT2D eigenvalue weighted by atomic mass is 10.4. The van der Waals surface area contributed by atoms with Crippen molar-refractivity contribution < 1.29 is 23.5 Å². The molecule has 0 aliphatic carbocycles. The Morgan fingerprint density at radius 3 is 1.86 bits per heavy atom. The maximum absolute atomic E-state index is 13.0. The Balaban J connectivity index is 5.77. The van der Waals surface area contributed by atoms with Crippen LogP contribution in [0.2, 0.25) is 0 Å². The highest BCUT2D eigenvalue weighted by Gasteiger charge is 2.44. The summed E-state index contributed by atoms with van der Waals surface area (Å²) in [5, 5.41) is 9.28. The van der Waals surface area contributed by atoms with E-state index in [2.05, 4.69) is 11.8 Å². The summed E-state index contributed by atoms with van der Waals surface area (Å²) in [5.74, 6) is 4.38. The summed E-state index contributed by atoms with van der Waals surface area (Å²) in [6.07, 6.45) is 4.23. The van der Waals surface area contributed by atoms with E-state index < -0.39 is 19.2 Å². The van der Waals surface area contributed by atoms with Crippen LogP contribution in [0.25, 0.3) is 0 Å². The van der Waals surface area contributed by atoms with Crippen molar-refractivity contribution in [2.24, 2.45) is 0 Å². The van der Waals surface area contributed by atoms with Crippen LogP contribution in [0.4, 0.5) is 0 Å². The van der Waals surface area contributed by atoms with Crippen molar-refractivity contribution in [1.29, 1.82) is 0 Å². The van der Waals surface area contributed by atoms with Gasteiger partial charge in [0.05, 0.1) is 0 Å². The van der Waals surface area contributed by atoms with E-state index in [-0.39, 0.29) is 0 Å². The Hall–Kier alpha value is -1.66. The number of allylic oxidation sites excluding steroid dienone is 4. The van der Waals surface area contributed by atoms with E-state index in [0.717, 1.165) is 0 Å². The van der Waals surface area contributed by atoms with Gasteiger partial charge in [0.1, 0.15) is 11.5 Å². The third kappa shape index (κ3) is 5.69. The van der Waals surface area contributed by atoms with Crippen LogP contribution in [0, 0.1) is 11.8 Å². The van der Waals surface area contributed by atoms with Crippen LogP contribution in [0.5, 0.6) is 0 Å². The largest absolute Gasteiger partial charge is 0.480 e. The van der Waals surface area contributed by atoms with Gasteiger partial charge in [-0.2, -0.15) is 0 Å². The molecule has 118 valence electrons. The second-order valence-corrected chi connectivity index (χ2v) is 6.04. The zero-order valence-electron chi connectivity index (χ0n) is 13.2. The molecule has 0 amide bonds. The quantitative estimate of drug-likeness (QED) is 0.410. The average Bonchev–Trinajstić information content (AvgIpc) is 2.47. The fourth-order valence-corrected chi connectivity index (χ4v) is 3.44. The summed E-state index contributed by atoms with van der Waals surface area (Å²) in [7, 11) is -3.99. The molecule has 0 saturated heterocycles. The second kappa shape index (κ2) is 9.31. The summed E-state index contributed by atoms with van der Waals surface area (Å²) in [5.41, 5.74) is -1.52. The predicted octanol–water partition coefficient (Wildman–Crippen LogP) is 4.32. The molecule has 0 bridgehead atoms. The topological polar surface area (TPSA) is 72.8 Å². The third-order valence-corrected chi connectivity index (χ3v) is 4.62. The van der Waals surface area contributed by atoms with Crippen LogP contribution in [-0.4, -0.2) is 16.7 Å². The molecule has 21 heavy (non-hydrogen) atoms. The minimum atomic E-state index is -3.99. The van der Waals surface area contributed by atoms with Crippen molar-refractivity contribution in [1.82, 2.24) is 0 Å². The normalized spacial score (nSPS) is 16.2. The zero-order chi connectivity index (χ0) is 16.5. The van der Waals surface area contributed by atoms with E-state index in [0.29, 0.717) is 24.4 Å². The van der Waals surface area contributed by atoms with Crippen molar-refractivity contribution in [2.75, 3.05) is 0 Å². The molecule has 1 atom stereocenters. The molecule has 0 aliphatic rings. The Bertz CT molecular complexity index is 496. The van der Waals surface area contributed by atoms with Gasteiger partial charge < -0.3 is 14.2 Å². The number of carbonyl (C=O) groups is 1. The molecule has 1 N–H and O–H groups in total. The average molecular weight is 314 g/mol. The number of carboxylic acid groups (broad SMARTS) is 1. The number of carboxylic acids is 1. The minimum absolute atomic E-state index is 0.411. The molecule has 1 unspecified atom stereocenters. The van der Waals surface area contributed by atoms with E-state index in [1.54, 1.807) is 26.0 Å². The van der Waals surface area contributed by atoms with E-state index >= 15 is 0 Å². The Morgan fingerprint density at radius 1 is 1.19 bits per heavy atom. The molecule has 0 heterocycles. The molecule has 0 rings (SSSR count). The van der Waals surface area contributed by atoms with Gasteiger partial charge in [0.25, 0.3) is 0 Å². The first-order chi connectivity index (χ1) is 9.88. The molecule has 0 fully saturated rings. The highest BCUT2D eigenvalue weighted by Crippen LogP contribution is 2.57. The zero-order valence-corrected chi connectivity index (χ0v) is 14.1. The molecule has 6 heteroatoms. The number of aliphatic carboxylic acids is 1. The van der Waals surface area contributed by atoms with Crippen molar-refractivity contribution >= 4 is 13.6 Å². The van der Waals surface area contributed by atoms with Crippen molar-refractivity contribution in [2.45, 2.75) is 53.1 Å². The monoisotopic (exact) mass is 314 g/mol. The standard InChI is InChI=1S/C15H23O5P/c1-6-11-14(15(16)17)21(18,19-12(7-2)8-3)20-13(9-4)10-5/h7,9,14H,8,10H2,1-5H3,(H,16,17). The first-order valence-electron chi connectivity index (χ1n) is 6.82. The van der Waals surface area contributed by atoms with Crippen LogP contribution in [-0.2, 0) is 18.4 Å². The van der Waals surface area contributed by atoms with Gasteiger partial charge in [0.15, 0.2) is 0 Å². The molecule has 0 radical (unpaired) electrons. The second-order valence-electron chi connectivity index (χ2n) is 4.07. The first kappa shape index (κ1) is 19.3. The Morgan fingerprint density at radius 2 is 1.62 bits per heavy atom. The lowest BCUT2D eigenvalue weighted by molar-refractivity contribution is -0.135. The molecule has 0 saturated carbocycles. The molecule has 5 nitrogen and oxygen atoms in total. The summed E-state index contributed by atoms with van der Waals surface area (Å²) in [4.78, 5) is 11.4. The van der Waals surface area contributed by atoms with Gasteiger partial charge in [0.2, 0.25) is 5.66 Å². The summed E-state index contributed by atoms with van der Waals surface area (Å²) in [6, 6.07) is 0. The van der Waals surface area contributed by atoms with Crippen molar-refractivity contribution in [3.63, 3.8) is 0 Å². The van der Waals surface area contributed by atoms with Gasteiger partial charge >= 0.3 is 13.6 Å². The maximum Gasteiger partial charge on any atom is 0.456 e. The number of rotatable bonds is 8. The molecule has 0 aromatic heterocycles. The van der Waals surface area contributed by atoms with Gasteiger partial charge in [0, 0.05) is 12.8 Å². The van der Waals surface area contributed by atoms with Crippen LogP contribution in [0.1, 0.15) is 47.5 Å². The maximum atomic E-state index is 13.0. The number of hydrogen-bond donors (Lipinski definition) is 1. The van der Waals surface area contributed by atoms with Gasteiger partial charge in [-0.25, -0.2) is 4.57 Å². The van der Waals surface area contributed by atoms with Gasteiger partial charge in [-0.05, 0) is 32.9 Å². The summed E-state index contributed by atoms with van der Waals surface area (Å²) < 4.78 is 23.8. The lowest BCUT2D eigenvalue weighted by Gasteiger charge is -2.24. The van der Waals surface area contributed by atoms with Crippen LogP contribution in [0.15, 0.2) is 23.7 Å². The lowest BCUT2D eigenvalue weighted by Crippen LogP contribution is -2.21. The third-order valence-electron chi connectivity index (χ3n) is 2.66. The Kier molecular flexibility index (Phi) is 8.57. The molecule has 0 spiro atoms. The molecule has 0 aliphatic heterocycles. The van der Waals surface area contributed by atoms with Crippen LogP contribution < -0.4 is 0 Å². The molecular weight excluding hydrogens is 291 g/mol. The van der Waals surface area contributed by atoms with E-state index in [1.165, 1.54) is 6.92 Å². The molecular formula is C15H23O5P. The van der Waals surface area contributed by atoms with Gasteiger partial charge in [-0.15, -0.1) is 5.92 Å². The highest BCUT2D eigenvalue weighted by atomic mass is 31.2. The van der Waals surface area contributed by atoms with Crippen LogP contribution in [0.3, 0.4) is 0 Å². The fourth-order valence-electron chi connectivity index (χ4n) is 1.51. The summed E-state index contributed by atoms with van der Waals surface area (Å²) >= 11 is 0. The highest BCUT2D eigenvalue weighted by molar-refractivity contribution is 7.56. The van der Waals surface area contributed by atoms with E-state index in [1.807, 2.05) is 13.8 Å². The van der Waals surface area contributed by atoms with Crippen LogP contribution >= 0.6 is 7.60 Å².